The summed E-state index contributed by atoms with van der Waals surface area (Å²) < 4.78 is 5.08. The number of furan rings is 1. The third-order valence-electron chi connectivity index (χ3n) is 2.37. The van der Waals surface area contributed by atoms with Gasteiger partial charge < -0.3 is 15.1 Å². The van der Waals surface area contributed by atoms with Crippen molar-refractivity contribution >= 4 is 23.7 Å². The standard InChI is InChI=1S/C14H13ClN2O2/c15-12-5-3-11(4-6-12)10-17-14(18)16-8-7-13-2-1-9-19-13/h1-9H,10H2,(H2,16,17,18). The summed E-state index contributed by atoms with van der Waals surface area (Å²) in [5, 5.41) is 5.98. The van der Waals surface area contributed by atoms with E-state index in [0.29, 0.717) is 17.3 Å². The fourth-order valence-electron chi connectivity index (χ4n) is 1.42. The number of hydrogen-bond acceptors (Lipinski definition) is 2. The second-order valence-electron chi connectivity index (χ2n) is 3.80. The van der Waals surface area contributed by atoms with Gasteiger partial charge in [-0.3, -0.25) is 0 Å². The normalized spacial score (nSPS) is 10.6. The van der Waals surface area contributed by atoms with E-state index < -0.39 is 0 Å². The van der Waals surface area contributed by atoms with Gasteiger partial charge in [-0.15, -0.1) is 0 Å². The molecule has 2 amide bonds. The molecule has 0 unspecified atom stereocenters. The summed E-state index contributed by atoms with van der Waals surface area (Å²) in [5.74, 6) is 0.679. The van der Waals surface area contributed by atoms with Gasteiger partial charge in [0.2, 0.25) is 0 Å². The van der Waals surface area contributed by atoms with Crippen LogP contribution in [0.1, 0.15) is 11.3 Å². The van der Waals surface area contributed by atoms with Gasteiger partial charge in [0.05, 0.1) is 6.26 Å². The van der Waals surface area contributed by atoms with Gasteiger partial charge in [-0.05, 0) is 35.9 Å². The number of benzene rings is 1. The zero-order valence-electron chi connectivity index (χ0n) is 10.1. The maximum atomic E-state index is 11.5. The largest absolute Gasteiger partial charge is 0.465 e. The number of halogens is 1. The molecule has 0 radical (unpaired) electrons. The molecule has 0 bridgehead atoms. The van der Waals surface area contributed by atoms with E-state index in [2.05, 4.69) is 10.6 Å². The van der Waals surface area contributed by atoms with Crippen molar-refractivity contribution in [3.63, 3.8) is 0 Å². The Labute approximate surface area is 116 Å². The van der Waals surface area contributed by atoms with Crippen molar-refractivity contribution in [2.75, 3.05) is 0 Å². The van der Waals surface area contributed by atoms with E-state index in [0.717, 1.165) is 5.56 Å². The Kier molecular flexibility index (Phi) is 4.64. The molecule has 5 heteroatoms. The summed E-state index contributed by atoms with van der Waals surface area (Å²) in [7, 11) is 0. The van der Waals surface area contributed by atoms with Crippen LogP contribution in [0, 0.1) is 0 Å². The van der Waals surface area contributed by atoms with Crippen LogP contribution in [0.15, 0.2) is 53.3 Å². The Morgan fingerprint density at radius 2 is 2.05 bits per heavy atom. The first-order valence-corrected chi connectivity index (χ1v) is 6.11. The number of rotatable bonds is 4. The monoisotopic (exact) mass is 276 g/mol. The van der Waals surface area contributed by atoms with Gasteiger partial charge in [-0.25, -0.2) is 4.79 Å². The SMILES string of the molecule is O=C(NC=Cc1ccco1)NCc1ccc(Cl)cc1. The summed E-state index contributed by atoms with van der Waals surface area (Å²) in [5.41, 5.74) is 0.981. The molecule has 1 aromatic heterocycles. The molecule has 0 atom stereocenters. The van der Waals surface area contributed by atoms with Crippen LogP contribution >= 0.6 is 11.6 Å². The van der Waals surface area contributed by atoms with E-state index in [9.17, 15) is 4.79 Å². The fourth-order valence-corrected chi connectivity index (χ4v) is 1.55. The Morgan fingerprint density at radius 3 is 2.74 bits per heavy atom. The zero-order valence-corrected chi connectivity index (χ0v) is 10.9. The Hall–Kier alpha value is -2.20. The highest BCUT2D eigenvalue weighted by molar-refractivity contribution is 6.30. The molecule has 19 heavy (non-hydrogen) atoms. The molecule has 0 aliphatic rings. The number of carbonyl (C=O) groups is 1. The average Bonchev–Trinajstić information content (AvgIpc) is 2.91. The highest BCUT2D eigenvalue weighted by atomic mass is 35.5. The van der Waals surface area contributed by atoms with E-state index >= 15 is 0 Å². The van der Waals surface area contributed by atoms with E-state index in [-0.39, 0.29) is 6.03 Å². The molecule has 1 aromatic carbocycles. The predicted molar refractivity (Wildman–Crippen MR) is 74.6 cm³/mol. The first kappa shape index (κ1) is 13.2. The molecule has 0 aliphatic carbocycles. The van der Waals surface area contributed by atoms with Crippen molar-refractivity contribution in [2.45, 2.75) is 6.54 Å². The summed E-state index contributed by atoms with van der Waals surface area (Å²) >= 11 is 5.77. The molecular formula is C14H13ClN2O2. The summed E-state index contributed by atoms with van der Waals surface area (Å²) in [4.78, 5) is 11.5. The van der Waals surface area contributed by atoms with Crippen LogP contribution in [0.3, 0.4) is 0 Å². The van der Waals surface area contributed by atoms with Gasteiger partial charge in [-0.2, -0.15) is 0 Å². The minimum atomic E-state index is -0.280. The summed E-state index contributed by atoms with van der Waals surface area (Å²) in [6.07, 6.45) is 4.76. The Morgan fingerprint density at radius 1 is 1.26 bits per heavy atom. The van der Waals surface area contributed by atoms with Crippen LogP contribution in [-0.2, 0) is 6.54 Å². The second-order valence-corrected chi connectivity index (χ2v) is 4.24. The van der Waals surface area contributed by atoms with Gasteiger partial charge in [0.1, 0.15) is 5.76 Å². The summed E-state index contributed by atoms with van der Waals surface area (Å²) in [6.45, 7) is 0.442. The van der Waals surface area contributed by atoms with Crippen molar-refractivity contribution in [1.29, 1.82) is 0 Å². The molecule has 0 fully saturated rings. The molecular weight excluding hydrogens is 264 g/mol. The molecule has 0 saturated heterocycles. The van der Waals surface area contributed by atoms with Crippen molar-refractivity contribution in [1.82, 2.24) is 10.6 Å². The molecule has 1 heterocycles. The lowest BCUT2D eigenvalue weighted by molar-refractivity contribution is 0.244. The topological polar surface area (TPSA) is 54.3 Å². The number of nitrogens with one attached hydrogen (secondary N) is 2. The Balaban J connectivity index is 1.74. The number of amides is 2. The smallest absolute Gasteiger partial charge is 0.319 e. The lowest BCUT2D eigenvalue weighted by Crippen LogP contribution is -2.31. The highest BCUT2D eigenvalue weighted by Gasteiger charge is 1.98. The minimum absolute atomic E-state index is 0.280. The average molecular weight is 277 g/mol. The van der Waals surface area contributed by atoms with Gasteiger partial charge in [0.15, 0.2) is 0 Å². The fraction of sp³-hybridized carbons (Fsp3) is 0.0714. The van der Waals surface area contributed by atoms with Crippen LogP contribution < -0.4 is 10.6 Å². The van der Waals surface area contributed by atoms with E-state index in [1.807, 2.05) is 12.1 Å². The molecule has 98 valence electrons. The van der Waals surface area contributed by atoms with Crippen LogP contribution in [0.2, 0.25) is 5.02 Å². The zero-order chi connectivity index (χ0) is 13.5. The second kappa shape index (κ2) is 6.66. The maximum absolute atomic E-state index is 11.5. The molecule has 2 rings (SSSR count). The molecule has 0 saturated carbocycles. The molecule has 0 aliphatic heterocycles. The van der Waals surface area contributed by atoms with E-state index in [1.165, 1.54) is 6.20 Å². The Bertz CT molecular complexity index is 547. The lowest BCUT2D eigenvalue weighted by Gasteiger charge is -2.04. The number of urea groups is 1. The van der Waals surface area contributed by atoms with Gasteiger partial charge in [0.25, 0.3) is 0 Å². The number of hydrogen-bond donors (Lipinski definition) is 2. The van der Waals surface area contributed by atoms with Crippen molar-refractivity contribution in [2.24, 2.45) is 0 Å². The van der Waals surface area contributed by atoms with Gasteiger partial charge in [-0.1, -0.05) is 23.7 Å². The summed E-state index contributed by atoms with van der Waals surface area (Å²) in [6, 6.07) is 10.6. The predicted octanol–water partition coefficient (Wildman–Crippen LogP) is 3.40. The van der Waals surface area contributed by atoms with Crippen molar-refractivity contribution in [3.8, 4) is 0 Å². The van der Waals surface area contributed by atoms with Crippen LogP contribution in [0.4, 0.5) is 4.79 Å². The van der Waals surface area contributed by atoms with Gasteiger partial charge in [0, 0.05) is 17.8 Å². The maximum Gasteiger partial charge on any atom is 0.319 e. The van der Waals surface area contributed by atoms with Crippen molar-refractivity contribution < 1.29 is 9.21 Å². The minimum Gasteiger partial charge on any atom is -0.465 e. The quantitative estimate of drug-likeness (QED) is 0.899. The first-order valence-electron chi connectivity index (χ1n) is 5.73. The molecule has 2 aromatic rings. The third kappa shape index (κ3) is 4.52. The highest BCUT2D eigenvalue weighted by Crippen LogP contribution is 2.09. The third-order valence-corrected chi connectivity index (χ3v) is 2.62. The van der Waals surface area contributed by atoms with Crippen LogP contribution in [0.25, 0.3) is 6.08 Å². The van der Waals surface area contributed by atoms with E-state index in [4.69, 9.17) is 16.0 Å². The van der Waals surface area contributed by atoms with Crippen LogP contribution in [-0.4, -0.2) is 6.03 Å². The van der Waals surface area contributed by atoms with Crippen molar-refractivity contribution in [3.05, 3.63) is 65.2 Å². The molecule has 0 spiro atoms. The first-order chi connectivity index (χ1) is 9.24. The molecule has 2 N–H and O–H groups in total. The number of carbonyl (C=O) groups excluding carboxylic acids is 1. The lowest BCUT2D eigenvalue weighted by atomic mass is 10.2. The van der Waals surface area contributed by atoms with Crippen LogP contribution in [0.5, 0.6) is 0 Å². The van der Waals surface area contributed by atoms with E-state index in [1.54, 1.807) is 36.6 Å². The molecule has 4 nitrogen and oxygen atoms in total. The van der Waals surface area contributed by atoms with Gasteiger partial charge >= 0.3 is 6.03 Å².